The Bertz CT molecular complexity index is 545. The molecule has 21 heavy (non-hydrogen) atoms. The van der Waals surface area contributed by atoms with Crippen molar-refractivity contribution in [1.29, 1.82) is 0 Å². The highest BCUT2D eigenvalue weighted by atomic mass is 32.2. The standard InChI is InChI=1S/C14H22N2O4S/c1-16(21(3,18)19)13(12-8-5-4-6-9-12)14(17)15-10-7-11-20-2/h4-6,8-9,13H,7,10-11H2,1-3H3,(H,15,17)/t13-/m1/s1. The van der Waals surface area contributed by atoms with E-state index in [1.807, 2.05) is 6.07 Å². The molecule has 0 spiro atoms. The second kappa shape index (κ2) is 8.11. The minimum atomic E-state index is -3.48. The van der Waals surface area contributed by atoms with E-state index in [2.05, 4.69) is 5.32 Å². The summed E-state index contributed by atoms with van der Waals surface area (Å²) in [6, 6.07) is 7.97. The molecule has 0 aliphatic rings. The zero-order chi connectivity index (χ0) is 15.9. The topological polar surface area (TPSA) is 75.7 Å². The third-order valence-electron chi connectivity index (χ3n) is 3.07. The van der Waals surface area contributed by atoms with Crippen molar-refractivity contribution in [2.75, 3.05) is 33.6 Å². The number of hydrogen-bond acceptors (Lipinski definition) is 4. The van der Waals surface area contributed by atoms with E-state index in [1.165, 1.54) is 7.05 Å². The number of ether oxygens (including phenoxy) is 1. The van der Waals surface area contributed by atoms with Crippen LogP contribution >= 0.6 is 0 Å². The Morgan fingerprint density at radius 3 is 2.48 bits per heavy atom. The van der Waals surface area contributed by atoms with Crippen molar-refractivity contribution in [3.63, 3.8) is 0 Å². The maximum Gasteiger partial charge on any atom is 0.242 e. The van der Waals surface area contributed by atoms with Crippen LogP contribution in [0.25, 0.3) is 0 Å². The van der Waals surface area contributed by atoms with Gasteiger partial charge in [-0.15, -0.1) is 0 Å². The Morgan fingerprint density at radius 1 is 1.33 bits per heavy atom. The van der Waals surface area contributed by atoms with Crippen LogP contribution in [0.4, 0.5) is 0 Å². The first-order valence-electron chi connectivity index (χ1n) is 6.62. The summed E-state index contributed by atoms with van der Waals surface area (Å²) in [5.41, 5.74) is 0.634. The summed E-state index contributed by atoms with van der Waals surface area (Å²) < 4.78 is 29.5. The Balaban J connectivity index is 2.90. The molecule has 1 aromatic rings. The minimum absolute atomic E-state index is 0.342. The average molecular weight is 314 g/mol. The zero-order valence-electron chi connectivity index (χ0n) is 12.6. The van der Waals surface area contributed by atoms with E-state index in [4.69, 9.17) is 4.74 Å². The Kier molecular flexibility index (Phi) is 6.80. The van der Waals surface area contributed by atoms with Crippen molar-refractivity contribution in [2.24, 2.45) is 0 Å². The Morgan fingerprint density at radius 2 is 1.95 bits per heavy atom. The number of rotatable bonds is 8. The van der Waals surface area contributed by atoms with Gasteiger partial charge in [0.15, 0.2) is 0 Å². The fourth-order valence-electron chi connectivity index (χ4n) is 1.88. The molecule has 6 nitrogen and oxygen atoms in total. The van der Waals surface area contributed by atoms with Gasteiger partial charge in [0, 0.05) is 27.3 Å². The lowest BCUT2D eigenvalue weighted by Crippen LogP contribution is -2.41. The van der Waals surface area contributed by atoms with Crippen LogP contribution in [0.3, 0.4) is 0 Å². The third kappa shape index (κ3) is 5.45. The van der Waals surface area contributed by atoms with E-state index in [0.717, 1.165) is 10.6 Å². The molecule has 0 aliphatic carbocycles. The normalized spacial score (nSPS) is 13.1. The number of sulfonamides is 1. The van der Waals surface area contributed by atoms with Crippen molar-refractivity contribution in [3.05, 3.63) is 35.9 Å². The molecule has 0 unspecified atom stereocenters. The van der Waals surface area contributed by atoms with Gasteiger partial charge in [0.25, 0.3) is 0 Å². The number of nitrogens with zero attached hydrogens (tertiary/aromatic N) is 1. The van der Waals surface area contributed by atoms with E-state index in [-0.39, 0.29) is 5.91 Å². The number of methoxy groups -OCH3 is 1. The third-order valence-corrected chi connectivity index (χ3v) is 4.33. The summed E-state index contributed by atoms with van der Waals surface area (Å²) in [6.45, 7) is 0.978. The van der Waals surface area contributed by atoms with Crippen molar-refractivity contribution in [1.82, 2.24) is 9.62 Å². The summed E-state index contributed by atoms with van der Waals surface area (Å²) in [6.07, 6.45) is 1.76. The quantitative estimate of drug-likeness (QED) is 0.719. The predicted octanol–water partition coefficient (Wildman–Crippen LogP) is 0.772. The maximum atomic E-state index is 12.3. The van der Waals surface area contributed by atoms with Crippen molar-refractivity contribution in [2.45, 2.75) is 12.5 Å². The van der Waals surface area contributed by atoms with Crippen LogP contribution < -0.4 is 5.32 Å². The van der Waals surface area contributed by atoms with Gasteiger partial charge in [0.2, 0.25) is 15.9 Å². The minimum Gasteiger partial charge on any atom is -0.385 e. The fraction of sp³-hybridized carbons (Fsp3) is 0.500. The molecule has 0 fully saturated rings. The van der Waals surface area contributed by atoms with Crippen LogP contribution in [0, 0.1) is 0 Å². The molecule has 1 amide bonds. The maximum absolute atomic E-state index is 12.3. The smallest absolute Gasteiger partial charge is 0.242 e. The van der Waals surface area contributed by atoms with Gasteiger partial charge in [-0.3, -0.25) is 4.79 Å². The number of nitrogens with one attached hydrogen (secondary N) is 1. The highest BCUT2D eigenvalue weighted by Gasteiger charge is 2.30. The lowest BCUT2D eigenvalue weighted by molar-refractivity contribution is -0.124. The highest BCUT2D eigenvalue weighted by molar-refractivity contribution is 7.88. The van der Waals surface area contributed by atoms with Crippen LogP contribution in [0.5, 0.6) is 0 Å². The first-order valence-corrected chi connectivity index (χ1v) is 8.47. The predicted molar refractivity (Wildman–Crippen MR) is 81.3 cm³/mol. The molecular formula is C14H22N2O4S. The molecular weight excluding hydrogens is 292 g/mol. The molecule has 1 rings (SSSR count). The van der Waals surface area contributed by atoms with Crippen LogP contribution in [-0.2, 0) is 19.6 Å². The van der Waals surface area contributed by atoms with Gasteiger partial charge in [0.1, 0.15) is 6.04 Å². The molecule has 0 aliphatic heterocycles. The van der Waals surface area contributed by atoms with Gasteiger partial charge in [-0.25, -0.2) is 8.42 Å². The summed E-state index contributed by atoms with van der Waals surface area (Å²) in [5, 5.41) is 2.74. The van der Waals surface area contributed by atoms with Crippen LogP contribution in [0.1, 0.15) is 18.0 Å². The van der Waals surface area contributed by atoms with E-state index < -0.39 is 16.1 Å². The molecule has 0 radical (unpaired) electrons. The van der Waals surface area contributed by atoms with Gasteiger partial charge < -0.3 is 10.1 Å². The van der Waals surface area contributed by atoms with E-state index in [9.17, 15) is 13.2 Å². The van der Waals surface area contributed by atoms with Crippen molar-refractivity contribution >= 4 is 15.9 Å². The van der Waals surface area contributed by atoms with Gasteiger partial charge in [0.05, 0.1) is 6.26 Å². The number of amides is 1. The Labute approximate surface area is 126 Å². The second-order valence-corrected chi connectivity index (χ2v) is 6.77. The molecule has 7 heteroatoms. The first-order chi connectivity index (χ1) is 9.88. The largest absolute Gasteiger partial charge is 0.385 e. The van der Waals surface area contributed by atoms with E-state index >= 15 is 0 Å². The Hall–Kier alpha value is -1.44. The van der Waals surface area contributed by atoms with Gasteiger partial charge in [-0.2, -0.15) is 4.31 Å². The van der Waals surface area contributed by atoms with E-state index in [1.54, 1.807) is 31.4 Å². The monoisotopic (exact) mass is 314 g/mol. The molecule has 0 saturated carbocycles. The summed E-state index contributed by atoms with van der Waals surface area (Å²) in [7, 11) is -0.489. The summed E-state index contributed by atoms with van der Waals surface area (Å²) in [5.74, 6) is -0.342. The number of benzene rings is 1. The molecule has 1 aromatic carbocycles. The molecule has 0 aromatic heterocycles. The van der Waals surface area contributed by atoms with Gasteiger partial charge >= 0.3 is 0 Å². The summed E-state index contributed by atoms with van der Waals surface area (Å²) >= 11 is 0. The number of hydrogen-bond donors (Lipinski definition) is 1. The van der Waals surface area contributed by atoms with Crippen molar-refractivity contribution < 1.29 is 17.9 Å². The van der Waals surface area contributed by atoms with Gasteiger partial charge in [-0.05, 0) is 12.0 Å². The highest BCUT2D eigenvalue weighted by Crippen LogP contribution is 2.21. The molecule has 1 N–H and O–H groups in total. The van der Waals surface area contributed by atoms with E-state index in [0.29, 0.717) is 25.1 Å². The number of carbonyl (C=O) groups excluding carboxylic acids is 1. The van der Waals surface area contributed by atoms with Crippen LogP contribution in [-0.4, -0.2) is 52.2 Å². The number of carbonyl (C=O) groups is 1. The number of likely N-dealkylation sites (N-methyl/N-ethyl adjacent to an activating group) is 1. The second-order valence-electron chi connectivity index (χ2n) is 4.73. The lowest BCUT2D eigenvalue weighted by atomic mass is 10.1. The fourth-order valence-corrected chi connectivity index (χ4v) is 2.48. The van der Waals surface area contributed by atoms with Gasteiger partial charge in [-0.1, -0.05) is 30.3 Å². The SMILES string of the molecule is COCCCNC(=O)[C@@H](c1ccccc1)N(C)S(C)(=O)=O. The first kappa shape index (κ1) is 17.6. The molecule has 118 valence electrons. The summed E-state index contributed by atoms with van der Waals surface area (Å²) in [4.78, 5) is 12.3. The molecule has 0 heterocycles. The van der Waals surface area contributed by atoms with Crippen LogP contribution in [0.15, 0.2) is 30.3 Å². The van der Waals surface area contributed by atoms with Crippen LogP contribution in [0.2, 0.25) is 0 Å². The molecule has 1 atom stereocenters. The lowest BCUT2D eigenvalue weighted by Gasteiger charge is -2.25. The van der Waals surface area contributed by atoms with Crippen molar-refractivity contribution in [3.8, 4) is 0 Å². The molecule has 0 bridgehead atoms. The molecule has 0 saturated heterocycles. The zero-order valence-corrected chi connectivity index (χ0v) is 13.4. The average Bonchev–Trinajstić information content (AvgIpc) is 2.44.